The van der Waals surface area contributed by atoms with E-state index in [0.29, 0.717) is 5.69 Å². The zero-order chi connectivity index (χ0) is 9.80. The molecule has 0 bridgehead atoms. The Kier molecular flexibility index (Phi) is 2.12. The van der Waals surface area contributed by atoms with Crippen molar-refractivity contribution in [3.05, 3.63) is 24.2 Å². The first-order chi connectivity index (χ1) is 6.90. The summed E-state index contributed by atoms with van der Waals surface area (Å²) < 4.78 is 0. The Bertz CT molecular complexity index is 550. The van der Waals surface area contributed by atoms with Crippen LogP contribution in [0.15, 0.2) is 18.5 Å². The average molecular weight is 182 g/mol. The Hall–Kier alpha value is -2.33. The highest BCUT2D eigenvalue weighted by molar-refractivity contribution is 5.70. The molecule has 0 atom stereocenters. The van der Waals surface area contributed by atoms with Gasteiger partial charge in [0.25, 0.3) is 0 Å². The van der Waals surface area contributed by atoms with Crippen LogP contribution >= 0.6 is 0 Å². The number of aromatic nitrogens is 3. The van der Waals surface area contributed by atoms with Gasteiger partial charge >= 0.3 is 0 Å². The van der Waals surface area contributed by atoms with E-state index < -0.39 is 0 Å². The second kappa shape index (κ2) is 3.59. The molecular weight excluding hydrogens is 176 g/mol. The number of fused-ring (bicyclic) bond motifs is 1. The van der Waals surface area contributed by atoms with Gasteiger partial charge in [-0.05, 0) is 12.0 Å². The molecule has 14 heavy (non-hydrogen) atoms. The Morgan fingerprint density at radius 3 is 3.29 bits per heavy atom. The highest BCUT2D eigenvalue weighted by Gasteiger charge is 1.96. The van der Waals surface area contributed by atoms with Gasteiger partial charge in [0.05, 0.1) is 18.7 Å². The van der Waals surface area contributed by atoms with Gasteiger partial charge in [-0.25, -0.2) is 9.97 Å². The van der Waals surface area contributed by atoms with Crippen molar-refractivity contribution < 1.29 is 0 Å². The van der Waals surface area contributed by atoms with Crippen molar-refractivity contribution in [3.8, 4) is 17.9 Å². The van der Waals surface area contributed by atoms with Gasteiger partial charge in [-0.1, -0.05) is 5.92 Å². The molecule has 66 valence electrons. The fourth-order valence-corrected chi connectivity index (χ4v) is 1.06. The maximum atomic E-state index is 8.29. The molecule has 0 aliphatic heterocycles. The SMILES string of the molecule is N#CCC#Cc1cnc2[nH]ccc2n1. The lowest BCUT2D eigenvalue weighted by molar-refractivity contribution is 1.23. The molecule has 4 nitrogen and oxygen atoms in total. The number of nitrogens with zero attached hydrogens (tertiary/aromatic N) is 3. The van der Waals surface area contributed by atoms with Crippen LogP contribution in [-0.2, 0) is 0 Å². The van der Waals surface area contributed by atoms with Crippen LogP contribution in [0.3, 0.4) is 0 Å². The number of nitrogens with one attached hydrogen (secondary N) is 1. The molecule has 2 aromatic heterocycles. The Morgan fingerprint density at radius 1 is 1.50 bits per heavy atom. The predicted octanol–water partition coefficient (Wildman–Crippen LogP) is 1.22. The quantitative estimate of drug-likeness (QED) is 0.623. The highest BCUT2D eigenvalue weighted by Crippen LogP contribution is 2.05. The molecule has 0 aromatic carbocycles. The van der Waals surface area contributed by atoms with Crippen LogP contribution < -0.4 is 0 Å². The second-order valence-electron chi connectivity index (χ2n) is 2.60. The predicted molar refractivity (Wildman–Crippen MR) is 51.0 cm³/mol. The van der Waals surface area contributed by atoms with Gasteiger partial charge in [-0.3, -0.25) is 0 Å². The van der Waals surface area contributed by atoms with E-state index in [1.54, 1.807) is 12.4 Å². The Balaban J connectivity index is 2.37. The minimum atomic E-state index is 0.215. The monoisotopic (exact) mass is 182 g/mol. The van der Waals surface area contributed by atoms with E-state index in [2.05, 4.69) is 26.8 Å². The number of aromatic amines is 1. The molecule has 0 aliphatic rings. The fraction of sp³-hybridized carbons (Fsp3) is 0.100. The van der Waals surface area contributed by atoms with E-state index >= 15 is 0 Å². The van der Waals surface area contributed by atoms with Gasteiger partial charge in [-0.2, -0.15) is 5.26 Å². The molecule has 0 radical (unpaired) electrons. The van der Waals surface area contributed by atoms with Gasteiger partial charge in [0.15, 0.2) is 5.65 Å². The van der Waals surface area contributed by atoms with Gasteiger partial charge < -0.3 is 4.98 Å². The molecule has 1 N–H and O–H groups in total. The van der Waals surface area contributed by atoms with Crippen molar-refractivity contribution in [2.75, 3.05) is 0 Å². The third-order valence-electron chi connectivity index (χ3n) is 1.64. The Labute approximate surface area is 80.6 Å². The minimum Gasteiger partial charge on any atom is -0.345 e. The number of rotatable bonds is 0. The summed E-state index contributed by atoms with van der Waals surface area (Å²) in [5.41, 5.74) is 2.12. The third-order valence-corrected chi connectivity index (χ3v) is 1.64. The van der Waals surface area contributed by atoms with Crippen LogP contribution in [0.4, 0.5) is 0 Å². The summed E-state index contributed by atoms with van der Waals surface area (Å²) in [6.07, 6.45) is 3.58. The lowest BCUT2D eigenvalue weighted by atomic mass is 10.4. The normalized spacial score (nSPS) is 9.07. The van der Waals surface area contributed by atoms with Crippen LogP contribution in [-0.4, -0.2) is 15.0 Å². The average Bonchev–Trinajstić information content (AvgIpc) is 2.65. The van der Waals surface area contributed by atoms with Crippen molar-refractivity contribution in [1.29, 1.82) is 5.26 Å². The highest BCUT2D eigenvalue weighted by atomic mass is 14.9. The summed E-state index contributed by atoms with van der Waals surface area (Å²) in [5.74, 6) is 5.45. The first kappa shape index (κ1) is 8.28. The van der Waals surface area contributed by atoms with E-state index in [1.165, 1.54) is 0 Å². The van der Waals surface area contributed by atoms with Gasteiger partial charge in [-0.15, -0.1) is 0 Å². The first-order valence-electron chi connectivity index (χ1n) is 4.06. The van der Waals surface area contributed by atoms with E-state index in [0.717, 1.165) is 11.2 Å². The summed E-state index contributed by atoms with van der Waals surface area (Å²) in [6.45, 7) is 0. The van der Waals surface area contributed by atoms with Gasteiger partial charge in [0.1, 0.15) is 11.2 Å². The standard InChI is InChI=1S/C10H6N4/c11-5-2-1-3-8-7-13-10-9(14-8)4-6-12-10/h4,6-7H,2H2,(H,12,13). The van der Waals surface area contributed by atoms with Crippen LogP contribution in [0, 0.1) is 23.2 Å². The maximum absolute atomic E-state index is 8.29. The van der Waals surface area contributed by atoms with Crippen molar-refractivity contribution in [2.45, 2.75) is 6.42 Å². The van der Waals surface area contributed by atoms with Crippen molar-refractivity contribution in [1.82, 2.24) is 15.0 Å². The third kappa shape index (κ3) is 1.55. The molecule has 2 rings (SSSR count). The number of nitriles is 1. The number of hydrogen-bond donors (Lipinski definition) is 1. The smallest absolute Gasteiger partial charge is 0.156 e. The topological polar surface area (TPSA) is 65.4 Å². The molecule has 2 aromatic rings. The summed E-state index contributed by atoms with van der Waals surface area (Å²) in [4.78, 5) is 11.3. The first-order valence-corrected chi connectivity index (χ1v) is 4.06. The zero-order valence-corrected chi connectivity index (χ0v) is 7.28. The van der Waals surface area contributed by atoms with E-state index in [4.69, 9.17) is 5.26 Å². The van der Waals surface area contributed by atoms with Crippen LogP contribution in [0.2, 0.25) is 0 Å². The molecule has 2 heterocycles. The summed E-state index contributed by atoms with van der Waals surface area (Å²) in [5, 5.41) is 8.29. The number of H-pyrrole nitrogens is 1. The van der Waals surface area contributed by atoms with Crippen LogP contribution in [0.25, 0.3) is 11.2 Å². The Morgan fingerprint density at radius 2 is 2.43 bits per heavy atom. The van der Waals surface area contributed by atoms with Crippen LogP contribution in [0.1, 0.15) is 12.1 Å². The van der Waals surface area contributed by atoms with E-state index in [-0.39, 0.29) is 6.42 Å². The fourth-order valence-electron chi connectivity index (χ4n) is 1.06. The maximum Gasteiger partial charge on any atom is 0.156 e. The lowest BCUT2D eigenvalue weighted by Gasteiger charge is -1.89. The summed E-state index contributed by atoms with van der Waals surface area (Å²) in [7, 11) is 0. The molecule has 4 heteroatoms. The van der Waals surface area contributed by atoms with Gasteiger partial charge in [0.2, 0.25) is 0 Å². The van der Waals surface area contributed by atoms with E-state index in [9.17, 15) is 0 Å². The molecule has 0 fully saturated rings. The molecule has 0 unspecified atom stereocenters. The summed E-state index contributed by atoms with van der Waals surface area (Å²) >= 11 is 0. The number of hydrogen-bond acceptors (Lipinski definition) is 3. The molecular formula is C10H6N4. The molecule has 0 amide bonds. The molecule has 0 saturated heterocycles. The molecule has 0 aliphatic carbocycles. The molecule has 0 spiro atoms. The van der Waals surface area contributed by atoms with Crippen LogP contribution in [0.5, 0.6) is 0 Å². The van der Waals surface area contributed by atoms with E-state index in [1.807, 2.05) is 12.1 Å². The molecule has 0 saturated carbocycles. The van der Waals surface area contributed by atoms with Crippen molar-refractivity contribution in [3.63, 3.8) is 0 Å². The lowest BCUT2D eigenvalue weighted by Crippen LogP contribution is -1.85. The van der Waals surface area contributed by atoms with Crippen molar-refractivity contribution in [2.24, 2.45) is 0 Å². The van der Waals surface area contributed by atoms with Crippen molar-refractivity contribution >= 4 is 11.2 Å². The largest absolute Gasteiger partial charge is 0.345 e. The zero-order valence-electron chi connectivity index (χ0n) is 7.28. The minimum absolute atomic E-state index is 0.215. The van der Waals surface area contributed by atoms with Gasteiger partial charge in [0, 0.05) is 6.20 Å². The summed E-state index contributed by atoms with van der Waals surface area (Å²) in [6, 6.07) is 3.77. The second-order valence-corrected chi connectivity index (χ2v) is 2.60.